The van der Waals surface area contributed by atoms with Crippen LogP contribution >= 0.6 is 0 Å². The Balaban J connectivity index is 0.000000123. The molecule has 8 aliphatic rings. The van der Waals surface area contributed by atoms with E-state index in [2.05, 4.69) is 73.9 Å². The molecule has 2 saturated carbocycles. The van der Waals surface area contributed by atoms with Crippen molar-refractivity contribution in [2.45, 2.75) is 128 Å². The third-order valence-electron chi connectivity index (χ3n) is 13.0. The summed E-state index contributed by atoms with van der Waals surface area (Å²) in [6, 6.07) is 16.3. The summed E-state index contributed by atoms with van der Waals surface area (Å²) in [6.45, 7) is 11.8. The van der Waals surface area contributed by atoms with Gasteiger partial charge < -0.3 is 8.83 Å². The van der Waals surface area contributed by atoms with Crippen LogP contribution in [0.2, 0.25) is 0 Å². The van der Waals surface area contributed by atoms with Crippen LogP contribution < -0.4 is 0 Å². The fourth-order valence-corrected chi connectivity index (χ4v) is 10.9. The van der Waals surface area contributed by atoms with Crippen molar-refractivity contribution in [3.05, 3.63) is 70.2 Å². The van der Waals surface area contributed by atoms with Crippen molar-refractivity contribution >= 4 is 21.9 Å². The maximum absolute atomic E-state index is 6.43. The van der Waals surface area contributed by atoms with Gasteiger partial charge in [-0.2, -0.15) is 0 Å². The molecule has 12 rings (SSSR count). The van der Waals surface area contributed by atoms with Crippen LogP contribution in [0.25, 0.3) is 21.9 Å². The predicted molar refractivity (Wildman–Crippen MR) is 179 cm³/mol. The fourth-order valence-electron chi connectivity index (χ4n) is 10.9. The van der Waals surface area contributed by atoms with E-state index in [1.165, 1.54) is 122 Å². The Morgan fingerprint density at radius 2 is 1.09 bits per heavy atom. The lowest BCUT2D eigenvalue weighted by Crippen LogP contribution is -2.55. The van der Waals surface area contributed by atoms with E-state index in [-0.39, 0.29) is 0 Å². The standard InChI is InChI=1S/2C20H25NO/c2*1-3-14-10-16-15-8-12(2)4-7-19(15)22-20(16)17-9-13-5-6-18(17)21(14)11-13/h2*4,7-8,13-14,17-18H,3,5-6,9-11H2,1-2H3/t2*13?,14-,17?,18?/m10/s1. The van der Waals surface area contributed by atoms with E-state index in [1.807, 2.05) is 0 Å². The average molecular weight is 591 g/mol. The summed E-state index contributed by atoms with van der Waals surface area (Å²) >= 11 is 0. The van der Waals surface area contributed by atoms with Gasteiger partial charge in [-0.1, -0.05) is 37.1 Å². The van der Waals surface area contributed by atoms with Crippen LogP contribution in [-0.4, -0.2) is 47.1 Å². The van der Waals surface area contributed by atoms with E-state index in [0.717, 1.165) is 35.1 Å². The van der Waals surface area contributed by atoms with Gasteiger partial charge in [0.2, 0.25) is 0 Å². The summed E-state index contributed by atoms with van der Waals surface area (Å²) in [5.74, 6) is 5.76. The predicted octanol–water partition coefficient (Wildman–Crippen LogP) is 9.29. The summed E-state index contributed by atoms with van der Waals surface area (Å²) in [6.07, 6.45) is 13.2. The lowest BCUT2D eigenvalue weighted by atomic mass is 9.71. The molecule has 232 valence electrons. The third kappa shape index (κ3) is 4.23. The summed E-state index contributed by atoms with van der Waals surface area (Å²) in [5.41, 5.74) is 7.98. The van der Waals surface area contributed by atoms with Gasteiger partial charge in [0.25, 0.3) is 0 Å². The first-order valence-corrected chi connectivity index (χ1v) is 18.0. The Morgan fingerprint density at radius 1 is 0.636 bits per heavy atom. The Kier molecular flexibility index (Phi) is 6.61. The van der Waals surface area contributed by atoms with Crippen molar-refractivity contribution in [2.75, 3.05) is 13.1 Å². The highest BCUT2D eigenvalue weighted by Gasteiger charge is 2.49. The van der Waals surface area contributed by atoms with E-state index in [4.69, 9.17) is 8.83 Å². The zero-order chi connectivity index (χ0) is 29.7. The second kappa shape index (κ2) is 10.5. The number of furan rings is 2. The van der Waals surface area contributed by atoms with Gasteiger partial charge in [0.05, 0.1) is 0 Å². The number of benzene rings is 2. The van der Waals surface area contributed by atoms with Crippen LogP contribution in [0.4, 0.5) is 0 Å². The topological polar surface area (TPSA) is 32.8 Å². The van der Waals surface area contributed by atoms with Crippen molar-refractivity contribution in [1.82, 2.24) is 9.80 Å². The Morgan fingerprint density at radius 3 is 1.50 bits per heavy atom. The molecule has 10 atom stereocenters. The number of rotatable bonds is 2. The number of hydrogen-bond donors (Lipinski definition) is 0. The SMILES string of the molecule is CC[C@@H]1Cc2c(oc3ccc(C)cc23)C2CC3CCC2N1C3.CC[C@H]1Cc2c(oc3ccc(C)cc23)C2CC3CCC2N1C3. The molecule has 44 heavy (non-hydrogen) atoms. The summed E-state index contributed by atoms with van der Waals surface area (Å²) < 4.78 is 12.9. The molecule has 4 saturated heterocycles. The Hall–Kier alpha value is -2.56. The number of fused-ring (bicyclic) bond motifs is 8. The van der Waals surface area contributed by atoms with Crippen molar-refractivity contribution in [3.8, 4) is 0 Å². The molecule has 0 spiro atoms. The van der Waals surface area contributed by atoms with Gasteiger partial charge in [-0.25, -0.2) is 0 Å². The fraction of sp³-hybridized carbons (Fsp3) is 0.600. The molecule has 0 amide bonds. The highest BCUT2D eigenvalue weighted by molar-refractivity contribution is 5.84. The maximum atomic E-state index is 6.43. The summed E-state index contributed by atoms with van der Waals surface area (Å²) in [4.78, 5) is 5.69. The molecule has 4 aromatic rings. The molecule has 4 nitrogen and oxygen atoms in total. The summed E-state index contributed by atoms with van der Waals surface area (Å²) in [7, 11) is 0. The normalized spacial score (nSPS) is 36.4. The minimum Gasteiger partial charge on any atom is -0.460 e. The second-order valence-corrected chi connectivity index (χ2v) is 15.5. The quantitative estimate of drug-likeness (QED) is 0.233. The van der Waals surface area contributed by atoms with Gasteiger partial charge in [-0.15, -0.1) is 0 Å². The van der Waals surface area contributed by atoms with Gasteiger partial charge in [-0.3, -0.25) is 9.80 Å². The van der Waals surface area contributed by atoms with Gasteiger partial charge in [0, 0.05) is 71.0 Å². The van der Waals surface area contributed by atoms with Crippen LogP contribution in [0.15, 0.2) is 45.2 Å². The average Bonchev–Trinajstić information content (AvgIpc) is 3.54. The molecule has 6 aliphatic heterocycles. The van der Waals surface area contributed by atoms with E-state index < -0.39 is 0 Å². The lowest BCUT2D eigenvalue weighted by molar-refractivity contribution is -0.00185. The van der Waals surface area contributed by atoms with Crippen molar-refractivity contribution in [1.29, 1.82) is 0 Å². The molecule has 0 N–H and O–H groups in total. The molecule has 0 radical (unpaired) electrons. The van der Waals surface area contributed by atoms with E-state index in [1.54, 1.807) is 0 Å². The molecule has 2 aliphatic carbocycles. The monoisotopic (exact) mass is 590 g/mol. The van der Waals surface area contributed by atoms with E-state index in [9.17, 15) is 0 Å². The molecular weight excluding hydrogens is 540 g/mol. The number of piperidine rings is 4. The largest absolute Gasteiger partial charge is 0.460 e. The van der Waals surface area contributed by atoms with Gasteiger partial charge >= 0.3 is 0 Å². The van der Waals surface area contributed by atoms with Gasteiger partial charge in [-0.05, 0) is 114 Å². The minimum atomic E-state index is 0.645. The molecular formula is C40H50N2O2. The van der Waals surface area contributed by atoms with Crippen LogP contribution in [-0.2, 0) is 12.8 Å². The zero-order valence-corrected chi connectivity index (χ0v) is 27.3. The van der Waals surface area contributed by atoms with Crippen molar-refractivity contribution < 1.29 is 8.83 Å². The van der Waals surface area contributed by atoms with Crippen LogP contribution in [0.5, 0.6) is 0 Å². The Bertz CT molecular complexity index is 1590. The van der Waals surface area contributed by atoms with E-state index in [0.29, 0.717) is 23.9 Å². The first-order valence-electron chi connectivity index (χ1n) is 18.0. The maximum Gasteiger partial charge on any atom is 0.134 e. The van der Waals surface area contributed by atoms with Crippen LogP contribution in [0.1, 0.15) is 111 Å². The molecule has 4 heteroatoms. The van der Waals surface area contributed by atoms with E-state index >= 15 is 0 Å². The van der Waals surface area contributed by atoms with Crippen LogP contribution in [0, 0.1) is 25.7 Å². The lowest BCUT2D eigenvalue weighted by Gasteiger charge is -2.51. The van der Waals surface area contributed by atoms with Gasteiger partial charge in [0.15, 0.2) is 0 Å². The highest BCUT2D eigenvalue weighted by atomic mass is 16.3. The molecule has 2 aromatic carbocycles. The van der Waals surface area contributed by atoms with Crippen LogP contribution in [0.3, 0.4) is 0 Å². The first-order chi connectivity index (χ1) is 21.5. The van der Waals surface area contributed by atoms with Crippen molar-refractivity contribution in [3.63, 3.8) is 0 Å². The first kappa shape index (κ1) is 27.7. The molecule has 8 heterocycles. The number of aryl methyl sites for hydroxylation is 2. The minimum absolute atomic E-state index is 0.645. The number of nitrogens with zero attached hydrogens (tertiary/aromatic N) is 2. The highest BCUT2D eigenvalue weighted by Crippen LogP contribution is 2.52. The smallest absolute Gasteiger partial charge is 0.134 e. The third-order valence-corrected chi connectivity index (χ3v) is 13.0. The van der Waals surface area contributed by atoms with Crippen molar-refractivity contribution in [2.24, 2.45) is 11.8 Å². The van der Waals surface area contributed by atoms with Gasteiger partial charge in [0.1, 0.15) is 22.7 Å². The molecule has 2 aromatic heterocycles. The molecule has 6 fully saturated rings. The summed E-state index contributed by atoms with van der Waals surface area (Å²) in [5, 5.41) is 2.77. The number of hydrogen-bond acceptors (Lipinski definition) is 4. The molecule has 8 unspecified atom stereocenters. The Labute approximate surface area is 263 Å². The second-order valence-electron chi connectivity index (χ2n) is 15.5. The zero-order valence-electron chi connectivity index (χ0n) is 27.3. The molecule has 8 bridgehead atoms.